The molecule has 1 heteroatoms. The second-order valence-electron chi connectivity index (χ2n) is 5.17. The van der Waals surface area contributed by atoms with Gasteiger partial charge in [-0.1, -0.05) is 20.8 Å². The minimum absolute atomic E-state index is 0.690. The average Bonchev–Trinajstić information content (AvgIpc) is 2.45. The van der Waals surface area contributed by atoms with E-state index >= 15 is 0 Å². The zero-order chi connectivity index (χ0) is 18.7. The molecule has 1 aliphatic heterocycles. The van der Waals surface area contributed by atoms with E-state index in [4.69, 9.17) is 12.3 Å². The largest absolute Gasteiger partial charge is 0.298 e. The average molecular weight is 204 g/mol. The Hall–Kier alpha value is -0.0400. The lowest BCUT2D eigenvalue weighted by Crippen LogP contribution is -2.42. The van der Waals surface area contributed by atoms with Crippen molar-refractivity contribution in [1.82, 2.24) is 4.90 Å². The van der Waals surface area contributed by atoms with Gasteiger partial charge in [-0.25, -0.2) is 0 Å². The first-order valence-corrected chi connectivity index (χ1v) is 5.11. The maximum Gasteiger partial charge on any atom is 0.0467 e. The van der Waals surface area contributed by atoms with Gasteiger partial charge < -0.3 is 0 Å². The quantitative estimate of drug-likeness (QED) is 0.634. The molecule has 1 saturated heterocycles. The van der Waals surface area contributed by atoms with E-state index < -0.39 is 48.5 Å². The van der Waals surface area contributed by atoms with Crippen LogP contribution in [-0.4, -0.2) is 23.5 Å². The Morgan fingerprint density at radius 2 is 2.00 bits per heavy atom. The molecule has 0 aromatic heterocycles. The van der Waals surface area contributed by atoms with Crippen LogP contribution in [0.25, 0.3) is 0 Å². The minimum Gasteiger partial charge on any atom is -0.298 e. The molecule has 0 aromatic rings. The van der Waals surface area contributed by atoms with Gasteiger partial charge in [0.05, 0.1) is 0 Å². The maximum absolute atomic E-state index is 8.80. The third-order valence-electron chi connectivity index (χ3n) is 2.48. The van der Waals surface area contributed by atoms with E-state index in [2.05, 4.69) is 0 Å². The van der Waals surface area contributed by atoms with Crippen LogP contribution in [0.2, 0.25) is 0 Å². The number of hydrogen-bond acceptors (Lipinski definition) is 1. The number of fused-ring (bicyclic) bond motifs is 2. The maximum atomic E-state index is 8.80. The van der Waals surface area contributed by atoms with Crippen molar-refractivity contribution in [1.29, 1.82) is 0 Å². The topological polar surface area (TPSA) is 3.24 Å². The lowest BCUT2D eigenvalue weighted by Gasteiger charge is -2.39. The molecule has 1 aliphatic carbocycles. The fraction of sp³-hybridized carbons (Fsp3) is 1.00. The van der Waals surface area contributed by atoms with E-state index in [0.717, 1.165) is 4.90 Å². The molecule has 0 N–H and O–H groups in total. The van der Waals surface area contributed by atoms with Crippen molar-refractivity contribution in [3.8, 4) is 0 Å². The molecule has 0 spiro atoms. The van der Waals surface area contributed by atoms with E-state index in [1.807, 2.05) is 0 Å². The van der Waals surface area contributed by atoms with E-state index in [0.29, 0.717) is 0 Å². The third kappa shape index (κ3) is 1.60. The van der Waals surface area contributed by atoms with Crippen molar-refractivity contribution in [3.63, 3.8) is 0 Å². The molecule has 2 rings (SSSR count). The highest BCUT2D eigenvalue weighted by Gasteiger charge is 2.48. The Balaban J connectivity index is 3.01. The predicted octanol–water partition coefficient (Wildman–Crippen LogP) is 3.15. The van der Waals surface area contributed by atoms with Crippen molar-refractivity contribution in [2.24, 2.45) is 17.2 Å². The molecule has 2 bridgehead atoms. The van der Waals surface area contributed by atoms with Crippen molar-refractivity contribution in [3.05, 3.63) is 0 Å². The van der Waals surface area contributed by atoms with Gasteiger partial charge in [0.1, 0.15) is 0 Å². The van der Waals surface area contributed by atoms with Crippen LogP contribution in [0.15, 0.2) is 0 Å². The molecule has 1 unspecified atom stereocenters. The highest BCUT2D eigenvalue weighted by atomic mass is 15.2. The van der Waals surface area contributed by atoms with Crippen LogP contribution in [0.3, 0.4) is 0 Å². The van der Waals surface area contributed by atoms with Gasteiger partial charge in [0.25, 0.3) is 0 Å². The molecule has 2 aliphatic rings. The minimum atomic E-state index is -2.87. The standard InChI is InChI=1S/C13H25N/c1-9(2)14-8-10-6-11(14)7-12(10)13(3,4)5/h9-12H,6-8H2,1-5H3/t10-,11-,12?/m0/s1/i6D2,7D2,8D2,10D,11D,12D. The molecular weight excluding hydrogens is 170 g/mol. The van der Waals surface area contributed by atoms with Crippen molar-refractivity contribution < 1.29 is 12.3 Å². The Kier molecular flexibility index (Phi) is 0.942. The summed E-state index contributed by atoms with van der Waals surface area (Å²) in [4.78, 5) is 0.811. The summed E-state index contributed by atoms with van der Waals surface area (Å²) < 4.78 is 76.8. The molecule has 1 heterocycles. The van der Waals surface area contributed by atoms with E-state index in [9.17, 15) is 0 Å². The lowest BCUT2D eigenvalue weighted by atomic mass is 9.74. The summed E-state index contributed by atoms with van der Waals surface area (Å²) >= 11 is 0. The zero-order valence-electron chi connectivity index (χ0n) is 18.5. The van der Waals surface area contributed by atoms with Gasteiger partial charge in [0.2, 0.25) is 0 Å². The van der Waals surface area contributed by atoms with Gasteiger partial charge in [-0.3, -0.25) is 4.90 Å². The molecule has 0 radical (unpaired) electrons. The number of likely N-dealkylation sites (tertiary alicyclic amines) is 1. The molecule has 0 aromatic carbocycles. The van der Waals surface area contributed by atoms with Crippen molar-refractivity contribution in [2.75, 3.05) is 6.50 Å². The summed E-state index contributed by atoms with van der Waals surface area (Å²) in [6.07, 6.45) is -5.62. The van der Waals surface area contributed by atoms with E-state index in [-0.39, 0.29) is 0 Å². The van der Waals surface area contributed by atoms with E-state index in [1.54, 1.807) is 13.8 Å². The van der Waals surface area contributed by atoms with Crippen LogP contribution in [-0.2, 0) is 0 Å². The van der Waals surface area contributed by atoms with Gasteiger partial charge in [0.15, 0.2) is 0 Å². The van der Waals surface area contributed by atoms with Gasteiger partial charge in [-0.05, 0) is 43.8 Å². The smallest absolute Gasteiger partial charge is 0.0467 e. The summed E-state index contributed by atoms with van der Waals surface area (Å²) in [6.45, 7) is 4.95. The summed E-state index contributed by atoms with van der Waals surface area (Å²) in [7, 11) is 0. The van der Waals surface area contributed by atoms with Crippen LogP contribution < -0.4 is 0 Å². The van der Waals surface area contributed by atoms with Crippen LogP contribution in [0.5, 0.6) is 0 Å². The molecule has 3 atom stereocenters. The molecule has 2 fully saturated rings. The third-order valence-corrected chi connectivity index (χ3v) is 2.48. The number of nitrogens with zero attached hydrogens (tertiary/aromatic N) is 1. The van der Waals surface area contributed by atoms with Gasteiger partial charge in [0, 0.05) is 30.9 Å². The van der Waals surface area contributed by atoms with Crippen molar-refractivity contribution in [2.45, 2.75) is 59.4 Å². The SMILES string of the molecule is [2H]C1([2H])C([2H])(C(C)(C)C)[C@]2([2H])C([2H])([2H])N(C(C)C)[C@@]1([2H])C2([2H])[2H]. The summed E-state index contributed by atoms with van der Waals surface area (Å²) in [5, 5.41) is 0. The summed E-state index contributed by atoms with van der Waals surface area (Å²) in [5.41, 5.74) is -1.25. The fourth-order valence-corrected chi connectivity index (χ4v) is 1.72. The first-order chi connectivity index (χ1) is 9.82. The summed E-state index contributed by atoms with van der Waals surface area (Å²) in [6, 6.07) is -3.36. The Bertz CT molecular complexity index is 540. The fourth-order valence-electron chi connectivity index (χ4n) is 1.72. The molecule has 82 valence electrons. The lowest BCUT2D eigenvalue weighted by molar-refractivity contribution is 0.0854. The Labute approximate surface area is 102 Å². The predicted molar refractivity (Wildman–Crippen MR) is 61.3 cm³/mol. The van der Waals surface area contributed by atoms with Gasteiger partial charge in [-0.15, -0.1) is 0 Å². The highest BCUT2D eigenvalue weighted by Crippen LogP contribution is 2.50. The number of hydrogen-bond donors (Lipinski definition) is 0. The van der Waals surface area contributed by atoms with Crippen LogP contribution in [0.4, 0.5) is 0 Å². The highest BCUT2D eigenvalue weighted by molar-refractivity contribution is 5.01. The van der Waals surface area contributed by atoms with Crippen molar-refractivity contribution >= 4 is 0 Å². The second kappa shape index (κ2) is 3.23. The summed E-state index contributed by atoms with van der Waals surface area (Å²) in [5.74, 6) is -5.21. The van der Waals surface area contributed by atoms with Crippen LogP contribution in [0.1, 0.15) is 59.7 Å². The number of piperidine rings is 1. The molecular formula is C13H25N. The van der Waals surface area contributed by atoms with Gasteiger partial charge in [-0.2, -0.15) is 0 Å². The Morgan fingerprint density at radius 1 is 1.36 bits per heavy atom. The first-order valence-electron chi connectivity index (χ1n) is 9.61. The normalized spacial score (nSPS) is 74.6. The van der Waals surface area contributed by atoms with Crippen LogP contribution in [0, 0.1) is 17.2 Å². The molecule has 1 saturated carbocycles. The van der Waals surface area contributed by atoms with E-state index in [1.165, 1.54) is 20.8 Å². The molecule has 14 heavy (non-hydrogen) atoms. The zero-order valence-corrected chi connectivity index (χ0v) is 9.52. The second-order valence-corrected chi connectivity index (χ2v) is 5.17. The van der Waals surface area contributed by atoms with Crippen LogP contribution >= 0.6 is 0 Å². The monoisotopic (exact) mass is 204 g/mol. The molecule has 1 nitrogen and oxygen atoms in total. The Morgan fingerprint density at radius 3 is 2.50 bits per heavy atom. The first kappa shape index (κ1) is 4.08. The molecule has 0 amide bonds. The number of rotatable bonds is 1. The van der Waals surface area contributed by atoms with Gasteiger partial charge >= 0.3 is 0 Å².